The largest absolute Gasteiger partial charge is 0.480 e. The maximum Gasteiger partial charge on any atom is 0.410 e. The van der Waals surface area contributed by atoms with Gasteiger partial charge < -0.3 is 14.6 Å². The van der Waals surface area contributed by atoms with Crippen LogP contribution in [0.25, 0.3) is 11.1 Å². The number of carbonyl (C=O) groups excluding carboxylic acids is 2. The molecule has 7 heteroatoms. The fourth-order valence-electron chi connectivity index (χ4n) is 3.37. The van der Waals surface area contributed by atoms with E-state index in [2.05, 4.69) is 0 Å². The fraction of sp³-hybridized carbons (Fsp3) is 0.286. The van der Waals surface area contributed by atoms with E-state index in [1.165, 1.54) is 14.0 Å². The maximum atomic E-state index is 12.4. The standard InChI is InChI=1S/C21H21NO6/c1-13(23)27-12-19(20(24)25)22(2)21(26)28-11-18-16-9-5-3-7-14(16)15-8-4-6-10-17(15)18/h3-10,18-19H,11-12H2,1-2H3,(H,24,25). The van der Waals surface area contributed by atoms with Crippen molar-refractivity contribution in [3.8, 4) is 11.1 Å². The first-order valence-electron chi connectivity index (χ1n) is 8.84. The molecule has 1 amide bonds. The Morgan fingerprint density at radius 2 is 1.54 bits per heavy atom. The summed E-state index contributed by atoms with van der Waals surface area (Å²) < 4.78 is 10.2. The summed E-state index contributed by atoms with van der Waals surface area (Å²) in [5.74, 6) is -2.02. The zero-order chi connectivity index (χ0) is 20.3. The Bertz CT molecular complexity index is 864. The number of ether oxygens (including phenoxy) is 2. The number of carbonyl (C=O) groups is 3. The van der Waals surface area contributed by atoms with Crippen LogP contribution in [0.4, 0.5) is 4.79 Å². The first-order chi connectivity index (χ1) is 13.4. The van der Waals surface area contributed by atoms with Crippen LogP contribution in [-0.4, -0.2) is 54.3 Å². The van der Waals surface area contributed by atoms with Gasteiger partial charge in [-0.2, -0.15) is 0 Å². The number of fused-ring (bicyclic) bond motifs is 3. The highest BCUT2D eigenvalue weighted by molar-refractivity contribution is 5.81. The van der Waals surface area contributed by atoms with Gasteiger partial charge in [0.25, 0.3) is 0 Å². The minimum Gasteiger partial charge on any atom is -0.480 e. The predicted molar refractivity (Wildman–Crippen MR) is 101 cm³/mol. The van der Waals surface area contributed by atoms with Crippen molar-refractivity contribution in [3.05, 3.63) is 59.7 Å². The highest BCUT2D eigenvalue weighted by Crippen LogP contribution is 2.44. The monoisotopic (exact) mass is 383 g/mol. The second-order valence-electron chi connectivity index (χ2n) is 6.57. The minimum atomic E-state index is -1.32. The van der Waals surface area contributed by atoms with Crippen LogP contribution in [0.3, 0.4) is 0 Å². The van der Waals surface area contributed by atoms with Gasteiger partial charge in [0, 0.05) is 19.9 Å². The Hall–Kier alpha value is -3.35. The molecule has 1 aliphatic carbocycles. The Kier molecular flexibility index (Phi) is 5.63. The van der Waals surface area contributed by atoms with Gasteiger partial charge in [0.1, 0.15) is 13.2 Å². The lowest BCUT2D eigenvalue weighted by molar-refractivity contribution is -0.150. The van der Waals surface area contributed by atoms with Crippen molar-refractivity contribution in [2.75, 3.05) is 20.3 Å². The van der Waals surface area contributed by atoms with E-state index in [1.54, 1.807) is 0 Å². The van der Waals surface area contributed by atoms with Gasteiger partial charge in [-0.15, -0.1) is 0 Å². The molecule has 0 spiro atoms. The van der Waals surface area contributed by atoms with Crippen LogP contribution < -0.4 is 0 Å². The molecule has 0 aliphatic heterocycles. The third-order valence-corrected chi connectivity index (χ3v) is 4.82. The van der Waals surface area contributed by atoms with E-state index in [9.17, 15) is 19.5 Å². The zero-order valence-electron chi connectivity index (χ0n) is 15.6. The molecular weight excluding hydrogens is 362 g/mol. The predicted octanol–water partition coefficient (Wildman–Crippen LogP) is 2.88. The number of hydrogen-bond acceptors (Lipinski definition) is 5. The lowest BCUT2D eigenvalue weighted by atomic mass is 9.98. The Balaban J connectivity index is 1.72. The van der Waals surface area contributed by atoms with Gasteiger partial charge in [-0.05, 0) is 22.3 Å². The Labute approximate surface area is 162 Å². The van der Waals surface area contributed by atoms with E-state index >= 15 is 0 Å². The van der Waals surface area contributed by atoms with Crippen molar-refractivity contribution in [1.82, 2.24) is 4.90 Å². The highest BCUT2D eigenvalue weighted by atomic mass is 16.6. The third kappa shape index (κ3) is 3.83. The van der Waals surface area contributed by atoms with Gasteiger partial charge in [-0.3, -0.25) is 9.69 Å². The molecule has 1 unspecified atom stereocenters. The number of carboxylic acids is 1. The second-order valence-corrected chi connectivity index (χ2v) is 6.57. The summed E-state index contributed by atoms with van der Waals surface area (Å²) in [6.45, 7) is 0.814. The van der Waals surface area contributed by atoms with Crippen molar-refractivity contribution in [3.63, 3.8) is 0 Å². The third-order valence-electron chi connectivity index (χ3n) is 4.82. The first kappa shape index (κ1) is 19.4. The molecule has 0 saturated carbocycles. The number of rotatable bonds is 6. The number of hydrogen-bond donors (Lipinski definition) is 1. The smallest absolute Gasteiger partial charge is 0.410 e. The molecule has 0 fully saturated rings. The molecule has 0 saturated heterocycles. The molecule has 146 valence electrons. The van der Waals surface area contributed by atoms with Gasteiger partial charge in [-0.1, -0.05) is 48.5 Å². The van der Waals surface area contributed by atoms with E-state index < -0.39 is 30.7 Å². The number of amides is 1. The van der Waals surface area contributed by atoms with Crippen LogP contribution in [0, 0.1) is 0 Å². The topological polar surface area (TPSA) is 93.1 Å². The van der Waals surface area contributed by atoms with Crippen LogP contribution in [0.5, 0.6) is 0 Å². The molecule has 3 rings (SSSR count). The Morgan fingerprint density at radius 3 is 2.04 bits per heavy atom. The summed E-state index contributed by atoms with van der Waals surface area (Å²) in [6, 6.07) is 14.5. The van der Waals surface area contributed by atoms with E-state index in [1.807, 2.05) is 48.5 Å². The molecule has 1 N–H and O–H groups in total. The summed E-state index contributed by atoms with van der Waals surface area (Å²) in [4.78, 5) is 35.7. The van der Waals surface area contributed by atoms with Gasteiger partial charge in [0.2, 0.25) is 0 Å². The van der Waals surface area contributed by atoms with Crippen LogP contribution in [0.2, 0.25) is 0 Å². The molecule has 0 heterocycles. The van der Waals surface area contributed by atoms with E-state index in [0.29, 0.717) is 0 Å². The summed E-state index contributed by atoms with van der Waals surface area (Å²) >= 11 is 0. The number of carboxylic acid groups (broad SMARTS) is 1. The zero-order valence-corrected chi connectivity index (χ0v) is 15.6. The second kappa shape index (κ2) is 8.12. The normalized spacial score (nSPS) is 13.2. The fourth-order valence-corrected chi connectivity index (χ4v) is 3.37. The van der Waals surface area contributed by atoms with E-state index in [-0.39, 0.29) is 12.5 Å². The van der Waals surface area contributed by atoms with Gasteiger partial charge in [0.05, 0.1) is 0 Å². The summed E-state index contributed by atoms with van der Waals surface area (Å²) in [5, 5.41) is 9.30. The molecule has 1 atom stereocenters. The summed E-state index contributed by atoms with van der Waals surface area (Å²) in [7, 11) is 1.31. The average Bonchev–Trinajstić information content (AvgIpc) is 2.99. The first-order valence-corrected chi connectivity index (χ1v) is 8.84. The van der Waals surface area contributed by atoms with Gasteiger partial charge >= 0.3 is 18.0 Å². The number of nitrogens with zero attached hydrogens (tertiary/aromatic N) is 1. The molecule has 2 aromatic carbocycles. The molecule has 1 aliphatic rings. The van der Waals surface area contributed by atoms with Crippen LogP contribution in [0.15, 0.2) is 48.5 Å². The van der Waals surface area contributed by atoms with Gasteiger partial charge in [0.15, 0.2) is 6.04 Å². The lowest BCUT2D eigenvalue weighted by Crippen LogP contribution is -2.46. The minimum absolute atomic E-state index is 0.0805. The SMILES string of the molecule is CC(=O)OCC(C(=O)O)N(C)C(=O)OCC1c2ccccc2-c2ccccc21. The van der Waals surface area contributed by atoms with E-state index in [4.69, 9.17) is 9.47 Å². The molecule has 0 bridgehead atoms. The molecule has 7 nitrogen and oxygen atoms in total. The summed E-state index contributed by atoms with van der Waals surface area (Å²) in [6.07, 6.45) is -0.790. The van der Waals surface area contributed by atoms with Crippen LogP contribution >= 0.6 is 0 Å². The molecule has 28 heavy (non-hydrogen) atoms. The van der Waals surface area contributed by atoms with Crippen LogP contribution in [-0.2, 0) is 19.1 Å². The van der Waals surface area contributed by atoms with Gasteiger partial charge in [-0.25, -0.2) is 9.59 Å². The summed E-state index contributed by atoms with van der Waals surface area (Å²) in [5.41, 5.74) is 4.33. The van der Waals surface area contributed by atoms with Crippen molar-refractivity contribution in [2.45, 2.75) is 18.9 Å². The highest BCUT2D eigenvalue weighted by Gasteiger charge is 2.32. The molecule has 2 aromatic rings. The lowest BCUT2D eigenvalue weighted by Gasteiger charge is -2.24. The molecular formula is C21H21NO6. The number of aliphatic carboxylic acids is 1. The van der Waals surface area contributed by atoms with E-state index in [0.717, 1.165) is 27.2 Å². The maximum absolute atomic E-state index is 12.4. The molecule has 0 aromatic heterocycles. The average molecular weight is 383 g/mol. The number of esters is 1. The quantitative estimate of drug-likeness (QED) is 0.771. The van der Waals surface area contributed by atoms with Crippen molar-refractivity contribution in [1.29, 1.82) is 0 Å². The van der Waals surface area contributed by atoms with Crippen molar-refractivity contribution < 1.29 is 29.0 Å². The Morgan fingerprint density at radius 1 is 1.00 bits per heavy atom. The number of benzene rings is 2. The number of likely N-dealkylation sites (N-methyl/N-ethyl adjacent to an activating group) is 1. The van der Waals surface area contributed by atoms with Crippen LogP contribution in [0.1, 0.15) is 24.0 Å². The van der Waals surface area contributed by atoms with Crippen molar-refractivity contribution in [2.24, 2.45) is 0 Å². The molecule has 0 radical (unpaired) electrons. The van der Waals surface area contributed by atoms with Crippen molar-refractivity contribution >= 4 is 18.0 Å².